The molecular formula is C24H20FN5O2S. The van der Waals surface area contributed by atoms with Gasteiger partial charge in [0.05, 0.1) is 12.1 Å². The second kappa shape index (κ2) is 10.6. The van der Waals surface area contributed by atoms with Crippen LogP contribution in [-0.4, -0.2) is 25.8 Å². The number of anilines is 1. The van der Waals surface area contributed by atoms with Crippen molar-refractivity contribution in [3.05, 3.63) is 112 Å². The van der Waals surface area contributed by atoms with Gasteiger partial charge in [-0.25, -0.2) is 19.3 Å². The maximum absolute atomic E-state index is 13.1. The van der Waals surface area contributed by atoms with Gasteiger partial charge in [-0.05, 0) is 35.4 Å². The minimum Gasteiger partial charge on any atom is -0.326 e. The van der Waals surface area contributed by atoms with Crippen LogP contribution < -0.4 is 10.9 Å². The standard InChI is InChI=1S/C24H20FN5O2S/c25-18-8-6-16(7-9-18)14-33-24-29-21(11-22(31)28-19-4-2-1-3-5-19)20(23(32)30-24)10-17-12-26-15-27-13-17/h1-9,12-13,15H,10-11,14H2,(H,28,31)(H,29,30,32). The number of halogens is 1. The molecule has 0 aliphatic carbocycles. The maximum Gasteiger partial charge on any atom is 0.255 e. The van der Waals surface area contributed by atoms with E-state index in [1.54, 1.807) is 36.7 Å². The summed E-state index contributed by atoms with van der Waals surface area (Å²) in [4.78, 5) is 41.0. The lowest BCUT2D eigenvalue weighted by atomic mass is 10.1. The monoisotopic (exact) mass is 461 g/mol. The zero-order valence-corrected chi connectivity index (χ0v) is 18.3. The third kappa shape index (κ3) is 6.33. The van der Waals surface area contributed by atoms with E-state index < -0.39 is 0 Å². The lowest BCUT2D eigenvalue weighted by Crippen LogP contribution is -2.23. The third-order valence-electron chi connectivity index (χ3n) is 4.75. The van der Waals surface area contributed by atoms with Crippen molar-refractivity contribution in [1.29, 1.82) is 0 Å². The van der Waals surface area contributed by atoms with E-state index in [4.69, 9.17) is 0 Å². The quantitative estimate of drug-likeness (QED) is 0.306. The zero-order valence-electron chi connectivity index (χ0n) is 17.5. The van der Waals surface area contributed by atoms with Crippen molar-refractivity contribution in [3.8, 4) is 0 Å². The summed E-state index contributed by atoms with van der Waals surface area (Å²) in [5, 5.41) is 3.21. The molecule has 0 radical (unpaired) electrons. The molecule has 0 atom stereocenters. The Hall–Kier alpha value is -3.85. The SMILES string of the molecule is O=C(Cc1nc(SCc2ccc(F)cc2)[nH]c(=O)c1Cc1cncnc1)Nc1ccccc1. The van der Waals surface area contributed by atoms with Gasteiger partial charge in [0.2, 0.25) is 5.91 Å². The summed E-state index contributed by atoms with van der Waals surface area (Å²) >= 11 is 1.31. The van der Waals surface area contributed by atoms with Crippen molar-refractivity contribution in [2.75, 3.05) is 5.32 Å². The van der Waals surface area contributed by atoms with Gasteiger partial charge in [-0.2, -0.15) is 0 Å². The molecule has 4 rings (SSSR count). The second-order valence-electron chi connectivity index (χ2n) is 7.23. The number of H-pyrrole nitrogens is 1. The van der Waals surface area contributed by atoms with Crippen molar-refractivity contribution in [2.45, 2.75) is 23.8 Å². The molecular weight excluding hydrogens is 441 g/mol. The van der Waals surface area contributed by atoms with Gasteiger partial charge < -0.3 is 10.3 Å². The predicted octanol–water partition coefficient (Wildman–Crippen LogP) is 3.76. The average Bonchev–Trinajstić information content (AvgIpc) is 2.82. The fraction of sp³-hybridized carbons (Fsp3) is 0.125. The van der Waals surface area contributed by atoms with Crippen LogP contribution >= 0.6 is 11.8 Å². The van der Waals surface area contributed by atoms with Crippen molar-refractivity contribution in [2.24, 2.45) is 0 Å². The van der Waals surface area contributed by atoms with Crippen LogP contribution in [0.5, 0.6) is 0 Å². The Morgan fingerprint density at radius 2 is 1.73 bits per heavy atom. The molecule has 2 aromatic heterocycles. The Morgan fingerprint density at radius 3 is 2.45 bits per heavy atom. The van der Waals surface area contributed by atoms with Gasteiger partial charge in [-0.1, -0.05) is 42.1 Å². The molecule has 2 aromatic carbocycles. The fourth-order valence-electron chi connectivity index (χ4n) is 3.15. The molecule has 0 fully saturated rings. The number of hydrogen-bond acceptors (Lipinski definition) is 6. The first-order chi connectivity index (χ1) is 16.1. The number of nitrogens with one attached hydrogen (secondary N) is 2. The number of aromatic nitrogens is 4. The van der Waals surface area contributed by atoms with Gasteiger partial charge in [-0.15, -0.1) is 0 Å². The van der Waals surface area contributed by atoms with E-state index in [0.29, 0.717) is 27.9 Å². The van der Waals surface area contributed by atoms with Crippen LogP contribution in [0.25, 0.3) is 0 Å². The molecule has 0 saturated heterocycles. The number of para-hydroxylation sites is 1. The predicted molar refractivity (Wildman–Crippen MR) is 124 cm³/mol. The number of carbonyl (C=O) groups is 1. The van der Waals surface area contributed by atoms with Crippen LogP contribution in [0, 0.1) is 5.82 Å². The largest absolute Gasteiger partial charge is 0.326 e. The molecule has 7 nitrogen and oxygen atoms in total. The minimum absolute atomic E-state index is 0.0635. The first kappa shape index (κ1) is 22.3. The van der Waals surface area contributed by atoms with Crippen molar-refractivity contribution >= 4 is 23.4 Å². The minimum atomic E-state index is -0.321. The van der Waals surface area contributed by atoms with Crippen LogP contribution in [0.15, 0.2) is 83.3 Å². The maximum atomic E-state index is 13.1. The van der Waals surface area contributed by atoms with Gasteiger partial charge >= 0.3 is 0 Å². The smallest absolute Gasteiger partial charge is 0.255 e. The van der Waals surface area contributed by atoms with Gasteiger partial charge in [0.1, 0.15) is 12.1 Å². The molecule has 2 N–H and O–H groups in total. The molecule has 0 bridgehead atoms. The number of nitrogens with zero attached hydrogens (tertiary/aromatic N) is 3. The summed E-state index contributed by atoms with van der Waals surface area (Å²) < 4.78 is 13.1. The number of thioether (sulfide) groups is 1. The summed E-state index contributed by atoms with van der Waals surface area (Å²) in [7, 11) is 0. The molecule has 0 aliphatic heterocycles. The summed E-state index contributed by atoms with van der Waals surface area (Å²) in [6, 6.07) is 15.2. The Balaban J connectivity index is 1.58. The molecule has 2 heterocycles. The third-order valence-corrected chi connectivity index (χ3v) is 5.69. The zero-order chi connectivity index (χ0) is 23.0. The Kier molecular flexibility index (Phi) is 7.21. The molecule has 9 heteroatoms. The van der Waals surface area contributed by atoms with Crippen molar-refractivity contribution < 1.29 is 9.18 Å². The first-order valence-corrected chi connectivity index (χ1v) is 11.1. The summed E-state index contributed by atoms with van der Waals surface area (Å²) in [5.41, 5.74) is 2.74. The van der Waals surface area contributed by atoms with Crippen LogP contribution in [0.4, 0.5) is 10.1 Å². The summed E-state index contributed by atoms with van der Waals surface area (Å²) in [6.07, 6.45) is 4.84. The van der Waals surface area contributed by atoms with E-state index in [9.17, 15) is 14.0 Å². The van der Waals surface area contributed by atoms with Crippen LogP contribution in [0.1, 0.15) is 22.4 Å². The van der Waals surface area contributed by atoms with Crippen molar-refractivity contribution in [1.82, 2.24) is 19.9 Å². The van der Waals surface area contributed by atoms with Gasteiger partial charge in [0.15, 0.2) is 5.16 Å². The lowest BCUT2D eigenvalue weighted by Gasteiger charge is -2.11. The van der Waals surface area contributed by atoms with E-state index >= 15 is 0 Å². The van der Waals surface area contributed by atoms with E-state index in [-0.39, 0.29) is 30.1 Å². The van der Waals surface area contributed by atoms with E-state index in [1.807, 2.05) is 18.2 Å². The number of benzene rings is 2. The number of aromatic amines is 1. The number of rotatable bonds is 8. The van der Waals surface area contributed by atoms with E-state index in [0.717, 1.165) is 11.1 Å². The van der Waals surface area contributed by atoms with Crippen LogP contribution in [-0.2, 0) is 23.4 Å². The van der Waals surface area contributed by atoms with Crippen LogP contribution in [0.3, 0.4) is 0 Å². The number of amides is 1. The lowest BCUT2D eigenvalue weighted by molar-refractivity contribution is -0.115. The molecule has 0 aliphatic rings. The molecule has 0 unspecified atom stereocenters. The normalized spacial score (nSPS) is 10.7. The molecule has 33 heavy (non-hydrogen) atoms. The van der Waals surface area contributed by atoms with Gasteiger partial charge in [-0.3, -0.25) is 9.59 Å². The Morgan fingerprint density at radius 1 is 1.00 bits per heavy atom. The topological polar surface area (TPSA) is 101 Å². The van der Waals surface area contributed by atoms with Gasteiger partial charge in [0.25, 0.3) is 5.56 Å². The number of carbonyl (C=O) groups excluding carboxylic acids is 1. The molecule has 0 spiro atoms. The Bertz CT molecular complexity index is 1280. The van der Waals surface area contributed by atoms with Gasteiger partial charge in [0, 0.05) is 35.8 Å². The summed E-state index contributed by atoms with van der Waals surface area (Å²) in [6.45, 7) is 0. The summed E-state index contributed by atoms with van der Waals surface area (Å²) in [5.74, 6) is -0.0966. The van der Waals surface area contributed by atoms with Crippen molar-refractivity contribution in [3.63, 3.8) is 0 Å². The molecule has 0 saturated carbocycles. The molecule has 1 amide bonds. The molecule has 166 valence electrons. The average molecular weight is 462 g/mol. The van der Waals surface area contributed by atoms with E-state index in [2.05, 4.69) is 25.3 Å². The highest BCUT2D eigenvalue weighted by Crippen LogP contribution is 2.20. The first-order valence-electron chi connectivity index (χ1n) is 10.1. The van der Waals surface area contributed by atoms with E-state index in [1.165, 1.54) is 30.2 Å². The molecule has 4 aromatic rings. The fourth-order valence-corrected chi connectivity index (χ4v) is 3.99. The number of hydrogen-bond donors (Lipinski definition) is 2. The highest BCUT2D eigenvalue weighted by molar-refractivity contribution is 7.98. The second-order valence-corrected chi connectivity index (χ2v) is 8.19. The van der Waals surface area contributed by atoms with Crippen LogP contribution in [0.2, 0.25) is 0 Å². The highest BCUT2D eigenvalue weighted by Gasteiger charge is 2.16. The highest BCUT2D eigenvalue weighted by atomic mass is 32.2. The Labute approximate surface area is 193 Å².